The summed E-state index contributed by atoms with van der Waals surface area (Å²) in [5, 5.41) is 0. The second-order valence-corrected chi connectivity index (χ2v) is 5.97. The van der Waals surface area contributed by atoms with Gasteiger partial charge >= 0.3 is 0 Å². The molecule has 0 N–H and O–H groups in total. The summed E-state index contributed by atoms with van der Waals surface area (Å²) < 4.78 is 0. The van der Waals surface area contributed by atoms with Gasteiger partial charge < -0.3 is 0 Å². The second kappa shape index (κ2) is 1.01. The summed E-state index contributed by atoms with van der Waals surface area (Å²) in [6.07, 6.45) is 2.13. The highest BCUT2D eigenvalue weighted by Crippen LogP contribution is 2.44. The molecule has 1 rings (SSSR count). The third kappa shape index (κ3) is 0.578. The van der Waals surface area contributed by atoms with Crippen LogP contribution in [0.5, 0.6) is 0 Å². The highest BCUT2D eigenvalue weighted by molar-refractivity contribution is 7.78. The van der Waals surface area contributed by atoms with Gasteiger partial charge in [-0.15, -0.1) is 0 Å². The number of rotatable bonds is 0. The van der Waals surface area contributed by atoms with Crippen LogP contribution in [0.25, 0.3) is 0 Å². The van der Waals surface area contributed by atoms with Crippen molar-refractivity contribution in [2.45, 2.75) is 0 Å². The molecule has 0 radical (unpaired) electrons. The lowest BCUT2D eigenvalue weighted by Crippen LogP contribution is -1.82. The average molecular weight is 100 g/mol. The van der Waals surface area contributed by atoms with Crippen LogP contribution in [0.2, 0.25) is 0 Å². The molecule has 0 aromatic rings. The molecule has 0 saturated heterocycles. The van der Waals surface area contributed by atoms with Gasteiger partial charge in [-0.1, -0.05) is 24.6 Å². The molecule has 0 nitrogen and oxygen atoms in total. The van der Waals surface area contributed by atoms with E-state index in [1.165, 1.54) is 0 Å². The fourth-order valence-electron chi connectivity index (χ4n) is 0.430. The van der Waals surface area contributed by atoms with Crippen LogP contribution in [0.15, 0.2) is 11.9 Å². The zero-order valence-electron chi connectivity index (χ0n) is 4.18. The fraction of sp³-hybridized carbons (Fsp3) is 0.400. The maximum Gasteiger partial charge on any atom is -0.0416 e. The molecule has 6 heavy (non-hydrogen) atoms. The van der Waals surface area contributed by atoms with E-state index in [0.29, 0.717) is 0 Å². The highest BCUT2D eigenvalue weighted by Gasteiger charge is 1.99. The Hall–Kier alpha value is 0.0400. The van der Waals surface area contributed by atoms with E-state index < -0.39 is 6.89 Å². The largest absolute Gasteiger partial charge is 0.0906 e. The summed E-state index contributed by atoms with van der Waals surface area (Å²) in [6, 6.07) is 0. The molecular weight excluding hydrogens is 91.0 g/mol. The molecule has 1 heteroatoms. The molecule has 0 unspecified atom stereocenters. The Morgan fingerprint density at radius 1 is 1.33 bits per heavy atom. The van der Waals surface area contributed by atoms with Crippen molar-refractivity contribution in [1.82, 2.24) is 0 Å². The second-order valence-electron chi connectivity index (χ2n) is 2.12. The van der Waals surface area contributed by atoms with E-state index in [0.717, 1.165) is 0 Å². The van der Waals surface area contributed by atoms with Crippen LogP contribution in [0, 0.1) is 0 Å². The summed E-state index contributed by atoms with van der Waals surface area (Å²) >= 11 is 0. The van der Waals surface area contributed by atoms with Crippen LogP contribution >= 0.6 is 6.89 Å². The lowest BCUT2D eigenvalue weighted by Gasteiger charge is -2.12. The van der Waals surface area contributed by atoms with Gasteiger partial charge in [0.25, 0.3) is 0 Å². The number of hydrogen-bond donors (Lipinski definition) is 0. The number of allylic oxidation sites excluding steroid dienone is 1. The molecule has 1 aliphatic rings. The van der Waals surface area contributed by atoms with E-state index in [-0.39, 0.29) is 0 Å². The van der Waals surface area contributed by atoms with Gasteiger partial charge in [0.05, 0.1) is 0 Å². The van der Waals surface area contributed by atoms with Crippen LogP contribution in [0.1, 0.15) is 0 Å². The average Bonchev–Trinajstić information content (AvgIpc) is 1.32. The van der Waals surface area contributed by atoms with E-state index in [9.17, 15) is 0 Å². The van der Waals surface area contributed by atoms with Gasteiger partial charge in [-0.2, -0.15) is 0 Å². The first-order chi connectivity index (χ1) is 2.71. The predicted molar refractivity (Wildman–Crippen MR) is 34.0 cm³/mol. The first-order valence-electron chi connectivity index (χ1n) is 2.08. The Balaban J connectivity index is 2.78. The molecule has 0 atom stereocenters. The van der Waals surface area contributed by atoms with Crippen molar-refractivity contribution in [2.75, 3.05) is 13.3 Å². The van der Waals surface area contributed by atoms with Crippen LogP contribution in [0.4, 0.5) is 0 Å². The lowest BCUT2D eigenvalue weighted by atomic mass is 10.8. The molecule has 0 aromatic carbocycles. The van der Waals surface area contributed by atoms with Gasteiger partial charge in [-0.05, 0) is 13.3 Å². The minimum absolute atomic E-state index is 0.522. The summed E-state index contributed by atoms with van der Waals surface area (Å²) in [5.74, 6) is 4.60. The molecule has 0 amide bonds. The van der Waals surface area contributed by atoms with Crippen molar-refractivity contribution in [2.24, 2.45) is 0 Å². The van der Waals surface area contributed by atoms with Crippen molar-refractivity contribution in [1.29, 1.82) is 0 Å². The molecule has 34 valence electrons. The minimum atomic E-state index is -0.522. The molecule has 0 saturated carbocycles. The Labute approximate surface area is 38.8 Å². The minimum Gasteiger partial charge on any atom is -0.0906 e. The smallest absolute Gasteiger partial charge is 0.0416 e. The topological polar surface area (TPSA) is 0 Å². The molecule has 0 bridgehead atoms. The molecule has 0 aromatic heterocycles. The first-order valence-corrected chi connectivity index (χ1v) is 4.90. The molecule has 1 heterocycles. The number of hydrogen-bond acceptors (Lipinski definition) is 0. The molecule has 0 spiro atoms. The molecule has 0 fully saturated rings. The SMILES string of the molecule is CP1(C)=CC=C1. The van der Waals surface area contributed by atoms with Gasteiger partial charge in [0, 0.05) is 0 Å². The summed E-state index contributed by atoms with van der Waals surface area (Å²) in [6.45, 7) is 4.08. The zero-order valence-corrected chi connectivity index (χ0v) is 5.07. The lowest BCUT2D eigenvalue weighted by molar-refractivity contribution is 2.11. The van der Waals surface area contributed by atoms with Crippen LogP contribution in [-0.4, -0.2) is 19.1 Å². The third-order valence-electron chi connectivity index (χ3n) is 0.941. The molecule has 1 aliphatic heterocycles. The highest BCUT2D eigenvalue weighted by atomic mass is 31.2. The van der Waals surface area contributed by atoms with E-state index in [1.54, 1.807) is 0 Å². The van der Waals surface area contributed by atoms with Crippen molar-refractivity contribution in [3.05, 3.63) is 11.9 Å². The Kier molecular flexibility index (Phi) is 0.706. The monoisotopic (exact) mass is 100 g/mol. The van der Waals surface area contributed by atoms with Crippen LogP contribution in [-0.2, 0) is 0 Å². The van der Waals surface area contributed by atoms with Crippen molar-refractivity contribution >= 4 is 12.7 Å². The standard InChI is InChI=1S/C5H9P/c1-6(2)4-3-5-6/h3-5H,1-2H3. The van der Waals surface area contributed by atoms with E-state index in [2.05, 4.69) is 31.0 Å². The Morgan fingerprint density at radius 2 is 1.67 bits per heavy atom. The van der Waals surface area contributed by atoms with E-state index in [1.807, 2.05) is 0 Å². The maximum absolute atomic E-state index is 2.30. The van der Waals surface area contributed by atoms with Crippen molar-refractivity contribution < 1.29 is 0 Å². The van der Waals surface area contributed by atoms with E-state index in [4.69, 9.17) is 0 Å². The normalized spacial score (nSPS) is 25.0. The van der Waals surface area contributed by atoms with Gasteiger partial charge in [0.1, 0.15) is 0 Å². The van der Waals surface area contributed by atoms with E-state index >= 15 is 0 Å². The van der Waals surface area contributed by atoms with Gasteiger partial charge in [-0.25, -0.2) is 0 Å². The summed E-state index contributed by atoms with van der Waals surface area (Å²) in [7, 11) is 0. The third-order valence-corrected chi connectivity index (χ3v) is 2.82. The van der Waals surface area contributed by atoms with Crippen molar-refractivity contribution in [3.8, 4) is 0 Å². The quantitative estimate of drug-likeness (QED) is 0.405. The van der Waals surface area contributed by atoms with Gasteiger partial charge in [0.2, 0.25) is 0 Å². The molecule has 0 aliphatic carbocycles. The maximum atomic E-state index is 2.30. The summed E-state index contributed by atoms with van der Waals surface area (Å²) in [4.78, 5) is 0. The fourth-order valence-corrected chi connectivity index (χ4v) is 1.29. The zero-order chi connectivity index (χ0) is 4.62. The molecular formula is C5H9P. The Bertz CT molecular complexity index is 125. The van der Waals surface area contributed by atoms with Gasteiger partial charge in [0.15, 0.2) is 0 Å². The first kappa shape index (κ1) is 4.21. The van der Waals surface area contributed by atoms with Crippen LogP contribution < -0.4 is 0 Å². The van der Waals surface area contributed by atoms with Crippen molar-refractivity contribution in [3.63, 3.8) is 0 Å². The van der Waals surface area contributed by atoms with Crippen LogP contribution in [0.3, 0.4) is 0 Å². The predicted octanol–water partition coefficient (Wildman–Crippen LogP) is 1.59. The summed E-state index contributed by atoms with van der Waals surface area (Å²) in [5.41, 5.74) is 0. The van der Waals surface area contributed by atoms with Gasteiger partial charge in [-0.3, -0.25) is 0 Å². The Morgan fingerprint density at radius 3 is 1.67 bits per heavy atom.